The number of hydrogen-bond donors (Lipinski definition) is 1. The molecule has 1 N–H and O–H groups in total. The Balaban J connectivity index is 1.92. The normalized spacial score (nSPS) is 16.5. The van der Waals surface area contributed by atoms with E-state index in [0.29, 0.717) is 26.1 Å². The van der Waals surface area contributed by atoms with Crippen molar-refractivity contribution in [1.29, 1.82) is 0 Å². The van der Waals surface area contributed by atoms with E-state index in [1.165, 1.54) is 12.5 Å². The van der Waals surface area contributed by atoms with E-state index < -0.39 is 6.04 Å². The molecule has 6 heteroatoms. The third-order valence-electron chi connectivity index (χ3n) is 5.53. The van der Waals surface area contributed by atoms with Crippen molar-refractivity contribution in [2.24, 2.45) is 0 Å². The summed E-state index contributed by atoms with van der Waals surface area (Å²) in [6.45, 7) is 6.88. The molecule has 1 saturated heterocycles. The van der Waals surface area contributed by atoms with Crippen LogP contribution in [0.25, 0.3) is 11.1 Å². The lowest BCUT2D eigenvalue weighted by atomic mass is 9.92. The van der Waals surface area contributed by atoms with E-state index >= 15 is 0 Å². The van der Waals surface area contributed by atoms with Gasteiger partial charge in [0.05, 0.1) is 6.54 Å². The summed E-state index contributed by atoms with van der Waals surface area (Å²) in [5, 5.41) is 2.56. The number of likely N-dealkylation sites (N-methyl/N-ethyl adjacent to an activating group) is 1. The number of hydrogen-bond acceptors (Lipinski definition) is 3. The smallest absolute Gasteiger partial charge is 0.245 e. The molecule has 0 bridgehead atoms. The van der Waals surface area contributed by atoms with Crippen LogP contribution in [0.15, 0.2) is 48.5 Å². The Morgan fingerprint density at radius 1 is 1.10 bits per heavy atom. The number of amides is 3. The lowest BCUT2D eigenvalue weighted by Gasteiger charge is -2.40. The fourth-order valence-electron chi connectivity index (χ4n) is 3.95. The van der Waals surface area contributed by atoms with Crippen molar-refractivity contribution >= 4 is 17.7 Å². The Morgan fingerprint density at radius 2 is 1.87 bits per heavy atom. The number of benzene rings is 2. The summed E-state index contributed by atoms with van der Waals surface area (Å²) in [5.41, 5.74) is 4.35. The van der Waals surface area contributed by atoms with Crippen molar-refractivity contribution in [3.05, 3.63) is 59.7 Å². The average Bonchev–Trinajstić information content (AvgIpc) is 2.73. The number of rotatable bonds is 6. The van der Waals surface area contributed by atoms with Crippen LogP contribution in [-0.4, -0.2) is 59.7 Å². The van der Waals surface area contributed by atoms with Crippen molar-refractivity contribution in [1.82, 2.24) is 15.1 Å². The van der Waals surface area contributed by atoms with Crippen LogP contribution < -0.4 is 5.32 Å². The quantitative estimate of drug-likeness (QED) is 0.799. The van der Waals surface area contributed by atoms with Gasteiger partial charge in [-0.1, -0.05) is 54.1 Å². The molecule has 0 aliphatic carbocycles. The number of carbonyl (C=O) groups excluding carboxylic acids is 3. The lowest BCUT2D eigenvalue weighted by molar-refractivity contribution is -0.151. The minimum absolute atomic E-state index is 0.0426. The highest BCUT2D eigenvalue weighted by Gasteiger charge is 2.37. The first kappa shape index (κ1) is 21.6. The minimum atomic E-state index is -0.578. The Hall–Kier alpha value is -3.15. The highest BCUT2D eigenvalue weighted by atomic mass is 16.2. The van der Waals surface area contributed by atoms with Crippen LogP contribution in [0, 0.1) is 6.92 Å². The van der Waals surface area contributed by atoms with Crippen LogP contribution in [0.2, 0.25) is 0 Å². The van der Waals surface area contributed by atoms with Crippen molar-refractivity contribution in [3.63, 3.8) is 0 Å². The monoisotopic (exact) mass is 407 g/mol. The molecule has 0 radical (unpaired) electrons. The maximum atomic E-state index is 13.2. The van der Waals surface area contributed by atoms with Gasteiger partial charge in [-0.25, -0.2) is 0 Å². The zero-order valence-corrected chi connectivity index (χ0v) is 17.9. The summed E-state index contributed by atoms with van der Waals surface area (Å²) in [5.74, 6) is -0.533. The van der Waals surface area contributed by atoms with Gasteiger partial charge >= 0.3 is 0 Å². The van der Waals surface area contributed by atoms with Gasteiger partial charge in [-0.3, -0.25) is 14.4 Å². The Morgan fingerprint density at radius 3 is 2.57 bits per heavy atom. The van der Waals surface area contributed by atoms with Crippen LogP contribution in [0.1, 0.15) is 25.0 Å². The number of piperazine rings is 1. The maximum Gasteiger partial charge on any atom is 0.245 e. The van der Waals surface area contributed by atoms with Crippen LogP contribution in [0.4, 0.5) is 0 Å². The zero-order chi connectivity index (χ0) is 21.7. The average molecular weight is 408 g/mol. The van der Waals surface area contributed by atoms with Crippen molar-refractivity contribution in [2.45, 2.75) is 33.2 Å². The predicted octanol–water partition coefficient (Wildman–Crippen LogP) is 2.40. The molecular weight excluding hydrogens is 378 g/mol. The molecule has 30 heavy (non-hydrogen) atoms. The second-order valence-corrected chi connectivity index (χ2v) is 7.66. The summed E-state index contributed by atoms with van der Waals surface area (Å²) in [7, 11) is 0. The van der Waals surface area contributed by atoms with Gasteiger partial charge in [-0.15, -0.1) is 0 Å². The second-order valence-electron chi connectivity index (χ2n) is 7.66. The van der Waals surface area contributed by atoms with Crippen molar-refractivity contribution in [3.8, 4) is 11.1 Å². The first-order chi connectivity index (χ1) is 14.4. The van der Waals surface area contributed by atoms with Gasteiger partial charge in [0.1, 0.15) is 6.04 Å². The summed E-state index contributed by atoms with van der Waals surface area (Å²) in [4.78, 5) is 40.6. The van der Waals surface area contributed by atoms with Crippen LogP contribution >= 0.6 is 0 Å². The SMILES string of the molecule is CCN1CCN(C(=O)CNC(C)=O)[C@@H](Cc2ccccc2-c2cccc(C)c2)C1=O. The number of nitrogens with one attached hydrogen (secondary N) is 1. The van der Waals surface area contributed by atoms with Gasteiger partial charge in [0.15, 0.2) is 0 Å². The Labute approximate surface area is 177 Å². The summed E-state index contributed by atoms with van der Waals surface area (Å²) >= 11 is 0. The summed E-state index contributed by atoms with van der Waals surface area (Å²) in [6.07, 6.45) is 0.436. The summed E-state index contributed by atoms with van der Waals surface area (Å²) < 4.78 is 0. The molecule has 2 aromatic carbocycles. The number of nitrogens with zero attached hydrogens (tertiary/aromatic N) is 2. The molecule has 2 aromatic rings. The van der Waals surface area contributed by atoms with Gasteiger partial charge in [-0.05, 0) is 30.5 Å². The summed E-state index contributed by atoms with van der Waals surface area (Å²) in [6, 6.07) is 15.7. The molecule has 3 rings (SSSR count). The fourth-order valence-corrected chi connectivity index (χ4v) is 3.95. The van der Waals surface area contributed by atoms with Gasteiger partial charge in [0, 0.05) is 33.0 Å². The maximum absolute atomic E-state index is 13.2. The molecule has 1 fully saturated rings. The second kappa shape index (κ2) is 9.57. The topological polar surface area (TPSA) is 69.7 Å². The van der Waals surface area contributed by atoms with E-state index in [-0.39, 0.29) is 24.3 Å². The van der Waals surface area contributed by atoms with Gasteiger partial charge in [0.25, 0.3) is 0 Å². The molecule has 158 valence electrons. The van der Waals surface area contributed by atoms with E-state index in [1.807, 2.05) is 31.2 Å². The van der Waals surface area contributed by atoms with Gasteiger partial charge in [0.2, 0.25) is 17.7 Å². The molecule has 0 saturated carbocycles. The molecule has 0 spiro atoms. The van der Waals surface area contributed by atoms with E-state index in [0.717, 1.165) is 16.7 Å². The Kier molecular flexibility index (Phi) is 6.87. The van der Waals surface area contributed by atoms with Crippen LogP contribution in [-0.2, 0) is 20.8 Å². The molecule has 3 amide bonds. The van der Waals surface area contributed by atoms with E-state index in [2.05, 4.69) is 36.5 Å². The molecule has 6 nitrogen and oxygen atoms in total. The fraction of sp³-hybridized carbons (Fsp3) is 0.375. The lowest BCUT2D eigenvalue weighted by Crippen LogP contribution is -2.60. The molecule has 0 aromatic heterocycles. The van der Waals surface area contributed by atoms with E-state index in [9.17, 15) is 14.4 Å². The van der Waals surface area contributed by atoms with E-state index in [1.54, 1.807) is 9.80 Å². The molecule has 1 atom stereocenters. The Bertz CT molecular complexity index is 941. The van der Waals surface area contributed by atoms with Crippen molar-refractivity contribution < 1.29 is 14.4 Å². The molecule has 1 heterocycles. The molecular formula is C24H29N3O3. The number of aryl methyl sites for hydroxylation is 1. The van der Waals surface area contributed by atoms with Gasteiger partial charge < -0.3 is 15.1 Å². The minimum Gasteiger partial charge on any atom is -0.347 e. The van der Waals surface area contributed by atoms with Crippen molar-refractivity contribution in [2.75, 3.05) is 26.2 Å². The third-order valence-corrected chi connectivity index (χ3v) is 5.53. The first-order valence-electron chi connectivity index (χ1n) is 10.4. The highest BCUT2D eigenvalue weighted by Crippen LogP contribution is 2.27. The molecule has 1 aliphatic rings. The predicted molar refractivity (Wildman–Crippen MR) is 117 cm³/mol. The van der Waals surface area contributed by atoms with Crippen LogP contribution in [0.3, 0.4) is 0 Å². The van der Waals surface area contributed by atoms with Crippen LogP contribution in [0.5, 0.6) is 0 Å². The van der Waals surface area contributed by atoms with E-state index in [4.69, 9.17) is 0 Å². The standard InChI is InChI=1S/C24H29N3O3/c1-4-26-12-13-27(23(29)16-25-18(3)28)22(24(26)30)15-20-9-5-6-11-21(20)19-10-7-8-17(2)14-19/h5-11,14,22H,4,12-13,15-16H2,1-3H3,(H,25,28)/t22-/m0/s1. The molecule has 0 unspecified atom stereocenters. The largest absolute Gasteiger partial charge is 0.347 e. The molecule has 1 aliphatic heterocycles. The number of carbonyl (C=O) groups is 3. The third kappa shape index (κ3) is 4.87. The highest BCUT2D eigenvalue weighted by molar-refractivity contribution is 5.91. The van der Waals surface area contributed by atoms with Gasteiger partial charge in [-0.2, -0.15) is 0 Å². The zero-order valence-electron chi connectivity index (χ0n) is 17.9. The first-order valence-corrected chi connectivity index (χ1v) is 10.4.